The average Bonchev–Trinajstić information content (AvgIpc) is 2.43. The van der Waals surface area contributed by atoms with E-state index < -0.39 is 12.0 Å². The number of hydrogen-bond acceptors (Lipinski definition) is 5. The summed E-state index contributed by atoms with van der Waals surface area (Å²) in [5.41, 5.74) is 5.97. The monoisotopic (exact) mass is 266 g/mol. The molecule has 1 amide bonds. The van der Waals surface area contributed by atoms with Crippen LogP contribution in [-0.2, 0) is 4.79 Å². The van der Waals surface area contributed by atoms with Crippen molar-refractivity contribution in [2.45, 2.75) is 19.1 Å². The Labute approximate surface area is 111 Å². The highest BCUT2D eigenvalue weighted by Gasteiger charge is 2.16. The van der Waals surface area contributed by atoms with Gasteiger partial charge in [0.05, 0.1) is 0 Å². The van der Waals surface area contributed by atoms with Gasteiger partial charge in [-0.15, -0.1) is 0 Å². The van der Waals surface area contributed by atoms with E-state index in [2.05, 4.69) is 5.32 Å². The number of rotatable bonds is 5. The number of nitrogens with one attached hydrogen (secondary N) is 1. The summed E-state index contributed by atoms with van der Waals surface area (Å²) in [6, 6.07) is 5.63. The van der Waals surface area contributed by atoms with Gasteiger partial charge in [-0.2, -0.15) is 0 Å². The topological polar surface area (TPSA) is 93.8 Å². The van der Waals surface area contributed by atoms with Gasteiger partial charge >= 0.3 is 0 Å². The van der Waals surface area contributed by atoms with Crippen molar-refractivity contribution in [3.05, 3.63) is 23.8 Å². The Kier molecular flexibility index (Phi) is 4.24. The van der Waals surface area contributed by atoms with Gasteiger partial charge in [0, 0.05) is 12.6 Å². The second kappa shape index (κ2) is 5.90. The number of aliphatic hydroxyl groups excluding tert-OH is 1. The minimum Gasteiger partial charge on any atom is -0.486 e. The molecule has 0 radical (unpaired) electrons. The van der Waals surface area contributed by atoms with Gasteiger partial charge in [0.25, 0.3) is 0 Å². The zero-order chi connectivity index (χ0) is 13.8. The molecule has 0 spiro atoms. The van der Waals surface area contributed by atoms with E-state index in [0.717, 1.165) is 11.3 Å². The maximum absolute atomic E-state index is 10.7. The fraction of sp³-hybridized carbons (Fsp3) is 0.462. The molecule has 1 heterocycles. The van der Waals surface area contributed by atoms with Crippen molar-refractivity contribution >= 4 is 5.91 Å². The SMILES string of the molecule is CC(NCC(O)C(N)=O)c1ccc2c(c1)OCCO2. The highest BCUT2D eigenvalue weighted by Crippen LogP contribution is 2.32. The Balaban J connectivity index is 1.99. The van der Waals surface area contributed by atoms with Crippen LogP contribution in [0.25, 0.3) is 0 Å². The van der Waals surface area contributed by atoms with E-state index in [9.17, 15) is 9.90 Å². The molecule has 4 N–H and O–H groups in total. The van der Waals surface area contributed by atoms with Crippen molar-refractivity contribution in [3.63, 3.8) is 0 Å². The van der Waals surface area contributed by atoms with Crippen LogP contribution in [0.1, 0.15) is 18.5 Å². The lowest BCUT2D eigenvalue weighted by molar-refractivity contribution is -0.125. The number of nitrogens with two attached hydrogens (primary N) is 1. The summed E-state index contributed by atoms with van der Waals surface area (Å²) in [5, 5.41) is 12.4. The van der Waals surface area contributed by atoms with Gasteiger partial charge in [-0.05, 0) is 24.6 Å². The standard InChI is InChI=1S/C13H18N2O4/c1-8(15-7-10(16)13(14)17)9-2-3-11-12(6-9)19-5-4-18-11/h2-3,6,8,10,15-16H,4-5,7H2,1H3,(H2,14,17). The lowest BCUT2D eigenvalue weighted by Crippen LogP contribution is -2.38. The summed E-state index contributed by atoms with van der Waals surface area (Å²) >= 11 is 0. The zero-order valence-corrected chi connectivity index (χ0v) is 10.8. The van der Waals surface area contributed by atoms with Gasteiger partial charge < -0.3 is 25.6 Å². The highest BCUT2D eigenvalue weighted by molar-refractivity contribution is 5.78. The molecular formula is C13H18N2O4. The lowest BCUT2D eigenvalue weighted by Gasteiger charge is -2.21. The minimum absolute atomic E-state index is 0.0372. The van der Waals surface area contributed by atoms with Gasteiger partial charge in [-0.3, -0.25) is 4.79 Å². The normalized spacial score (nSPS) is 16.7. The van der Waals surface area contributed by atoms with E-state index in [1.165, 1.54) is 0 Å². The Morgan fingerprint density at radius 2 is 2.11 bits per heavy atom. The fourth-order valence-electron chi connectivity index (χ4n) is 1.84. The number of ether oxygens (including phenoxy) is 2. The van der Waals surface area contributed by atoms with Crippen molar-refractivity contribution in [1.29, 1.82) is 0 Å². The van der Waals surface area contributed by atoms with Crippen LogP contribution in [0.3, 0.4) is 0 Å². The summed E-state index contributed by atoms with van der Waals surface area (Å²) in [6.07, 6.45) is -1.18. The molecule has 1 aliphatic heterocycles. The molecule has 0 bridgehead atoms. The van der Waals surface area contributed by atoms with E-state index in [0.29, 0.717) is 19.0 Å². The predicted molar refractivity (Wildman–Crippen MR) is 69.1 cm³/mol. The molecule has 0 saturated heterocycles. The molecule has 2 unspecified atom stereocenters. The average molecular weight is 266 g/mol. The molecule has 0 saturated carbocycles. The van der Waals surface area contributed by atoms with Gasteiger partial charge in [-0.25, -0.2) is 0 Å². The Bertz CT molecular complexity index is 464. The molecule has 0 aromatic heterocycles. The fourth-order valence-corrected chi connectivity index (χ4v) is 1.84. The largest absolute Gasteiger partial charge is 0.486 e. The Hall–Kier alpha value is -1.79. The molecule has 19 heavy (non-hydrogen) atoms. The Morgan fingerprint density at radius 3 is 2.79 bits per heavy atom. The third-order valence-electron chi connectivity index (χ3n) is 3.01. The number of carbonyl (C=O) groups excluding carboxylic acids is 1. The molecule has 2 rings (SSSR count). The van der Waals surface area contributed by atoms with E-state index in [-0.39, 0.29) is 12.6 Å². The van der Waals surface area contributed by atoms with E-state index >= 15 is 0 Å². The molecule has 2 atom stereocenters. The van der Waals surface area contributed by atoms with Crippen LogP contribution in [0.5, 0.6) is 11.5 Å². The highest BCUT2D eigenvalue weighted by atomic mass is 16.6. The van der Waals surface area contributed by atoms with E-state index in [4.69, 9.17) is 15.2 Å². The predicted octanol–water partition coefficient (Wildman–Crippen LogP) is -0.0454. The van der Waals surface area contributed by atoms with Crippen LogP contribution in [0.15, 0.2) is 18.2 Å². The van der Waals surface area contributed by atoms with Gasteiger partial charge in [-0.1, -0.05) is 6.07 Å². The van der Waals surface area contributed by atoms with Crippen LogP contribution in [0, 0.1) is 0 Å². The summed E-state index contributed by atoms with van der Waals surface area (Å²) < 4.78 is 10.9. The molecule has 0 fully saturated rings. The first-order chi connectivity index (χ1) is 9.08. The van der Waals surface area contributed by atoms with E-state index in [1.54, 1.807) is 0 Å². The van der Waals surface area contributed by atoms with Gasteiger partial charge in [0.15, 0.2) is 11.5 Å². The maximum Gasteiger partial charge on any atom is 0.247 e. The van der Waals surface area contributed by atoms with Crippen molar-refractivity contribution in [2.75, 3.05) is 19.8 Å². The Morgan fingerprint density at radius 1 is 1.42 bits per heavy atom. The molecule has 6 heteroatoms. The van der Waals surface area contributed by atoms with Crippen LogP contribution in [0.4, 0.5) is 0 Å². The van der Waals surface area contributed by atoms with E-state index in [1.807, 2.05) is 25.1 Å². The molecule has 104 valence electrons. The second-order valence-corrected chi connectivity index (χ2v) is 4.45. The quantitative estimate of drug-likeness (QED) is 0.695. The van der Waals surface area contributed by atoms with Crippen LogP contribution < -0.4 is 20.5 Å². The van der Waals surface area contributed by atoms with Gasteiger partial charge in [0.1, 0.15) is 19.3 Å². The number of primary amides is 1. The third kappa shape index (κ3) is 3.36. The summed E-state index contributed by atoms with van der Waals surface area (Å²) in [5.74, 6) is 0.717. The molecular weight excluding hydrogens is 248 g/mol. The van der Waals surface area contributed by atoms with Crippen LogP contribution >= 0.6 is 0 Å². The van der Waals surface area contributed by atoms with Gasteiger partial charge in [0.2, 0.25) is 5.91 Å². The second-order valence-electron chi connectivity index (χ2n) is 4.45. The zero-order valence-electron chi connectivity index (χ0n) is 10.8. The molecule has 1 aromatic carbocycles. The third-order valence-corrected chi connectivity index (χ3v) is 3.01. The maximum atomic E-state index is 10.7. The first kappa shape index (κ1) is 13.6. The smallest absolute Gasteiger partial charge is 0.247 e. The summed E-state index contributed by atoms with van der Waals surface area (Å²) in [4.78, 5) is 10.7. The first-order valence-electron chi connectivity index (χ1n) is 6.18. The number of benzene rings is 1. The first-order valence-corrected chi connectivity index (χ1v) is 6.18. The number of fused-ring (bicyclic) bond motifs is 1. The molecule has 1 aromatic rings. The van der Waals surface area contributed by atoms with Crippen molar-refractivity contribution in [1.82, 2.24) is 5.32 Å². The minimum atomic E-state index is -1.18. The van der Waals surface area contributed by atoms with Crippen LogP contribution in [-0.4, -0.2) is 36.9 Å². The number of aliphatic hydroxyl groups is 1. The summed E-state index contributed by atoms with van der Waals surface area (Å²) in [6.45, 7) is 3.15. The van der Waals surface area contributed by atoms with Crippen molar-refractivity contribution in [2.24, 2.45) is 5.73 Å². The molecule has 6 nitrogen and oxygen atoms in total. The molecule has 0 aliphatic carbocycles. The van der Waals surface area contributed by atoms with Crippen LogP contribution in [0.2, 0.25) is 0 Å². The van der Waals surface area contributed by atoms with Crippen molar-refractivity contribution < 1.29 is 19.4 Å². The number of amides is 1. The number of carbonyl (C=O) groups is 1. The van der Waals surface area contributed by atoms with Crippen molar-refractivity contribution in [3.8, 4) is 11.5 Å². The molecule has 1 aliphatic rings. The lowest BCUT2D eigenvalue weighted by atomic mass is 10.1. The number of hydrogen-bond donors (Lipinski definition) is 3. The summed E-state index contributed by atoms with van der Waals surface area (Å²) in [7, 11) is 0.